The zero-order chi connectivity index (χ0) is 11.7. The Morgan fingerprint density at radius 3 is 2.81 bits per heavy atom. The van der Waals surface area contributed by atoms with E-state index in [0.29, 0.717) is 5.02 Å². The fourth-order valence-corrected chi connectivity index (χ4v) is 1.90. The van der Waals surface area contributed by atoms with Crippen LogP contribution in [0.15, 0.2) is 24.3 Å². The molecule has 1 aromatic heterocycles. The van der Waals surface area contributed by atoms with Crippen molar-refractivity contribution in [1.29, 1.82) is 0 Å². The molecular formula is C12H11ClN2O. The minimum Gasteiger partial charge on any atom is -0.326 e. The number of hydrogen-bond acceptors (Lipinski definition) is 2. The van der Waals surface area contributed by atoms with Gasteiger partial charge in [0.1, 0.15) is 0 Å². The van der Waals surface area contributed by atoms with Crippen molar-refractivity contribution >= 4 is 34.1 Å². The van der Waals surface area contributed by atoms with Gasteiger partial charge in [0.05, 0.1) is 10.5 Å². The van der Waals surface area contributed by atoms with Gasteiger partial charge in [0, 0.05) is 23.7 Å². The van der Waals surface area contributed by atoms with E-state index in [2.05, 4.69) is 10.3 Å². The van der Waals surface area contributed by atoms with E-state index in [4.69, 9.17) is 11.6 Å². The molecule has 3 nitrogen and oxygen atoms in total. The largest absolute Gasteiger partial charge is 0.326 e. The number of aryl methyl sites for hydroxylation is 1. The number of amides is 1. The number of carbonyl (C=O) groups excluding carboxylic acids is 1. The number of halogens is 1. The van der Waals surface area contributed by atoms with E-state index < -0.39 is 0 Å². The number of fused-ring (bicyclic) bond motifs is 1. The highest BCUT2D eigenvalue weighted by atomic mass is 35.5. The number of hydrogen-bond donors (Lipinski definition) is 1. The van der Waals surface area contributed by atoms with Gasteiger partial charge >= 0.3 is 0 Å². The molecule has 4 heteroatoms. The van der Waals surface area contributed by atoms with Gasteiger partial charge in [-0.15, -0.1) is 0 Å². The van der Waals surface area contributed by atoms with Crippen LogP contribution in [0.4, 0.5) is 5.69 Å². The number of benzene rings is 1. The van der Waals surface area contributed by atoms with Gasteiger partial charge in [0.25, 0.3) is 0 Å². The first kappa shape index (κ1) is 10.9. The van der Waals surface area contributed by atoms with Crippen molar-refractivity contribution in [1.82, 2.24) is 4.98 Å². The highest BCUT2D eigenvalue weighted by molar-refractivity contribution is 6.35. The van der Waals surface area contributed by atoms with Crippen LogP contribution >= 0.6 is 11.6 Å². The molecule has 1 N–H and O–H groups in total. The fraction of sp³-hybridized carbons (Fsp3) is 0.167. The lowest BCUT2D eigenvalue weighted by Crippen LogP contribution is -2.05. The van der Waals surface area contributed by atoms with E-state index in [9.17, 15) is 4.79 Å². The van der Waals surface area contributed by atoms with Crippen LogP contribution in [0.25, 0.3) is 10.9 Å². The molecule has 1 amide bonds. The SMILES string of the molecule is CC(=O)Nc1ccc2nc(C)cc(Cl)c2c1. The molecule has 0 spiro atoms. The molecule has 2 aromatic rings. The van der Waals surface area contributed by atoms with Crippen LogP contribution in [0.5, 0.6) is 0 Å². The number of aromatic nitrogens is 1. The number of rotatable bonds is 1. The van der Waals surface area contributed by atoms with E-state index in [1.165, 1.54) is 6.92 Å². The van der Waals surface area contributed by atoms with Gasteiger partial charge in [-0.1, -0.05) is 11.6 Å². The smallest absolute Gasteiger partial charge is 0.221 e. The molecule has 0 aliphatic heterocycles. The maximum Gasteiger partial charge on any atom is 0.221 e. The lowest BCUT2D eigenvalue weighted by molar-refractivity contribution is -0.114. The Bertz CT molecular complexity index is 566. The van der Waals surface area contributed by atoms with Crippen LogP contribution < -0.4 is 5.32 Å². The van der Waals surface area contributed by atoms with Gasteiger partial charge in [-0.25, -0.2) is 0 Å². The molecule has 0 unspecified atom stereocenters. The zero-order valence-electron chi connectivity index (χ0n) is 9.04. The molecule has 0 atom stereocenters. The first-order chi connectivity index (χ1) is 7.56. The molecule has 0 radical (unpaired) electrons. The van der Waals surface area contributed by atoms with E-state index in [1.54, 1.807) is 6.07 Å². The summed E-state index contributed by atoms with van der Waals surface area (Å²) in [7, 11) is 0. The van der Waals surface area contributed by atoms with E-state index >= 15 is 0 Å². The van der Waals surface area contributed by atoms with Gasteiger partial charge in [0.15, 0.2) is 0 Å². The van der Waals surface area contributed by atoms with Gasteiger partial charge in [-0.2, -0.15) is 0 Å². The second kappa shape index (κ2) is 4.10. The van der Waals surface area contributed by atoms with Gasteiger partial charge in [0.2, 0.25) is 5.91 Å². The van der Waals surface area contributed by atoms with Crippen molar-refractivity contribution in [3.05, 3.63) is 35.0 Å². The average Bonchev–Trinajstić information content (AvgIpc) is 2.18. The predicted octanol–water partition coefficient (Wildman–Crippen LogP) is 3.16. The lowest BCUT2D eigenvalue weighted by atomic mass is 10.2. The maximum absolute atomic E-state index is 10.9. The van der Waals surface area contributed by atoms with Crippen molar-refractivity contribution in [2.75, 3.05) is 5.32 Å². The molecule has 0 fully saturated rings. The monoisotopic (exact) mass is 234 g/mol. The maximum atomic E-state index is 10.9. The predicted molar refractivity (Wildman–Crippen MR) is 65.8 cm³/mol. The van der Waals surface area contributed by atoms with Crippen LogP contribution in [-0.2, 0) is 4.79 Å². The number of pyridine rings is 1. The summed E-state index contributed by atoms with van der Waals surface area (Å²) in [6, 6.07) is 7.29. The Hall–Kier alpha value is -1.61. The zero-order valence-corrected chi connectivity index (χ0v) is 9.80. The summed E-state index contributed by atoms with van der Waals surface area (Å²) in [5.41, 5.74) is 2.44. The highest BCUT2D eigenvalue weighted by Crippen LogP contribution is 2.25. The molecule has 0 aliphatic carbocycles. The summed E-state index contributed by atoms with van der Waals surface area (Å²) in [6.45, 7) is 3.37. The number of carbonyl (C=O) groups is 1. The molecular weight excluding hydrogens is 224 g/mol. The van der Waals surface area contributed by atoms with Crippen LogP contribution in [0, 0.1) is 6.92 Å². The van der Waals surface area contributed by atoms with Crippen molar-refractivity contribution in [2.24, 2.45) is 0 Å². The molecule has 2 rings (SSSR count). The Kier molecular flexibility index (Phi) is 2.79. The summed E-state index contributed by atoms with van der Waals surface area (Å²) in [5.74, 6) is -0.101. The normalized spacial score (nSPS) is 10.4. The molecule has 0 bridgehead atoms. The molecule has 0 saturated heterocycles. The second-order valence-corrected chi connectivity index (χ2v) is 4.07. The van der Waals surface area contributed by atoms with E-state index in [1.807, 2.05) is 25.1 Å². The Morgan fingerprint density at radius 2 is 2.12 bits per heavy atom. The third-order valence-electron chi connectivity index (χ3n) is 2.21. The topological polar surface area (TPSA) is 42.0 Å². The summed E-state index contributed by atoms with van der Waals surface area (Å²) in [4.78, 5) is 15.3. The third-order valence-corrected chi connectivity index (χ3v) is 2.52. The van der Waals surface area contributed by atoms with Crippen molar-refractivity contribution in [2.45, 2.75) is 13.8 Å². The first-order valence-electron chi connectivity index (χ1n) is 4.91. The molecule has 16 heavy (non-hydrogen) atoms. The molecule has 0 saturated carbocycles. The number of nitrogens with zero attached hydrogens (tertiary/aromatic N) is 1. The summed E-state index contributed by atoms with van der Waals surface area (Å²) >= 11 is 6.12. The Balaban J connectivity index is 2.57. The van der Waals surface area contributed by atoms with Crippen molar-refractivity contribution in [3.63, 3.8) is 0 Å². The standard InChI is InChI=1S/C12H11ClN2O/c1-7-5-11(13)10-6-9(15-8(2)16)3-4-12(10)14-7/h3-6H,1-2H3,(H,15,16). The van der Waals surface area contributed by atoms with Gasteiger partial charge in [-0.3, -0.25) is 9.78 Å². The van der Waals surface area contributed by atoms with Gasteiger partial charge in [-0.05, 0) is 31.2 Å². The van der Waals surface area contributed by atoms with Crippen LogP contribution in [0.1, 0.15) is 12.6 Å². The quantitative estimate of drug-likeness (QED) is 0.824. The molecule has 1 aromatic carbocycles. The molecule has 82 valence electrons. The number of nitrogens with one attached hydrogen (secondary N) is 1. The Labute approximate surface area is 98.4 Å². The second-order valence-electron chi connectivity index (χ2n) is 3.66. The molecule has 0 aliphatic rings. The van der Waals surface area contributed by atoms with Gasteiger partial charge < -0.3 is 5.32 Å². The first-order valence-corrected chi connectivity index (χ1v) is 5.28. The lowest BCUT2D eigenvalue weighted by Gasteiger charge is -2.06. The average molecular weight is 235 g/mol. The highest BCUT2D eigenvalue weighted by Gasteiger charge is 2.04. The summed E-state index contributed by atoms with van der Waals surface area (Å²) < 4.78 is 0. The fourth-order valence-electron chi connectivity index (χ4n) is 1.59. The van der Waals surface area contributed by atoms with Crippen molar-refractivity contribution in [3.8, 4) is 0 Å². The van der Waals surface area contributed by atoms with E-state index in [-0.39, 0.29) is 5.91 Å². The number of anilines is 1. The minimum atomic E-state index is -0.101. The summed E-state index contributed by atoms with van der Waals surface area (Å²) in [6.07, 6.45) is 0. The Morgan fingerprint density at radius 1 is 1.38 bits per heavy atom. The van der Waals surface area contributed by atoms with Crippen LogP contribution in [-0.4, -0.2) is 10.9 Å². The van der Waals surface area contributed by atoms with Crippen molar-refractivity contribution < 1.29 is 4.79 Å². The third kappa shape index (κ3) is 2.14. The van der Waals surface area contributed by atoms with Crippen LogP contribution in [0.3, 0.4) is 0 Å². The van der Waals surface area contributed by atoms with E-state index in [0.717, 1.165) is 22.3 Å². The molecule has 1 heterocycles. The van der Waals surface area contributed by atoms with Crippen LogP contribution in [0.2, 0.25) is 5.02 Å². The summed E-state index contributed by atoms with van der Waals surface area (Å²) in [5, 5.41) is 4.21. The minimum absolute atomic E-state index is 0.101.